The first-order valence-electron chi connectivity index (χ1n) is 4.22. The molecule has 0 spiro atoms. The molecule has 13 heavy (non-hydrogen) atoms. The highest BCUT2D eigenvalue weighted by Gasteiger charge is 2.25. The molecule has 68 valence electrons. The van der Waals surface area contributed by atoms with E-state index >= 15 is 0 Å². The number of aliphatic imine (C=N–C) groups is 1. The first kappa shape index (κ1) is 8.26. The van der Waals surface area contributed by atoms with Gasteiger partial charge in [-0.1, -0.05) is 18.2 Å². The summed E-state index contributed by atoms with van der Waals surface area (Å²) in [6.45, 7) is 0. The van der Waals surface area contributed by atoms with Crippen LogP contribution in [0.1, 0.15) is 0 Å². The maximum atomic E-state index is 5.20. The van der Waals surface area contributed by atoms with E-state index < -0.39 is 0 Å². The van der Waals surface area contributed by atoms with E-state index in [0.29, 0.717) is 0 Å². The smallest absolute Gasteiger partial charge is 0.228 e. The van der Waals surface area contributed by atoms with Gasteiger partial charge < -0.3 is 9.64 Å². The van der Waals surface area contributed by atoms with Gasteiger partial charge in [-0.05, 0) is 12.2 Å². The fraction of sp³-hybridized carbons (Fsp3) is 0.300. The van der Waals surface area contributed by atoms with E-state index in [9.17, 15) is 0 Å². The quantitative estimate of drug-likeness (QED) is 0.601. The monoisotopic (exact) mass is 176 g/mol. The van der Waals surface area contributed by atoms with Crippen LogP contribution in [0.3, 0.4) is 0 Å². The summed E-state index contributed by atoms with van der Waals surface area (Å²) in [5, 5.41) is 0. The maximum Gasteiger partial charge on any atom is 0.228 e. The lowest BCUT2D eigenvalue weighted by Crippen LogP contribution is -2.26. The van der Waals surface area contributed by atoms with Crippen molar-refractivity contribution >= 4 is 5.71 Å². The maximum absolute atomic E-state index is 5.20. The number of allylic oxidation sites excluding steroid dienone is 5. The molecule has 0 fully saturated rings. The number of hydrogen-bond donors (Lipinski definition) is 0. The average molecular weight is 176 g/mol. The van der Waals surface area contributed by atoms with Crippen LogP contribution in [0, 0.1) is 0 Å². The molecular formula is C10H12N2O. The summed E-state index contributed by atoms with van der Waals surface area (Å²) in [5.41, 5.74) is 2.09. The Labute approximate surface area is 77.7 Å². The molecule has 3 nitrogen and oxygen atoms in total. The van der Waals surface area contributed by atoms with E-state index in [-0.39, 0.29) is 6.35 Å². The fourth-order valence-corrected chi connectivity index (χ4v) is 1.47. The van der Waals surface area contributed by atoms with Crippen LogP contribution < -0.4 is 0 Å². The lowest BCUT2D eigenvalue weighted by molar-refractivity contribution is 0.0204. The van der Waals surface area contributed by atoms with E-state index in [2.05, 4.69) is 4.99 Å². The topological polar surface area (TPSA) is 24.8 Å². The molecule has 0 N–H and O–H groups in total. The highest BCUT2D eigenvalue weighted by molar-refractivity contribution is 6.09. The summed E-state index contributed by atoms with van der Waals surface area (Å²) < 4.78 is 5.20. The summed E-state index contributed by atoms with van der Waals surface area (Å²) in [6, 6.07) is 0. The molecule has 1 aliphatic heterocycles. The van der Waals surface area contributed by atoms with Crippen LogP contribution in [0.15, 0.2) is 41.1 Å². The third kappa shape index (κ3) is 1.31. The highest BCUT2D eigenvalue weighted by atomic mass is 16.5. The van der Waals surface area contributed by atoms with Crippen molar-refractivity contribution in [3.8, 4) is 0 Å². The van der Waals surface area contributed by atoms with Crippen molar-refractivity contribution < 1.29 is 4.74 Å². The zero-order valence-electron chi connectivity index (χ0n) is 7.77. The zero-order chi connectivity index (χ0) is 9.26. The number of fused-ring (bicyclic) bond motifs is 1. The van der Waals surface area contributed by atoms with Crippen LogP contribution in [0.2, 0.25) is 0 Å². The number of nitrogens with zero attached hydrogens (tertiary/aromatic N) is 2. The van der Waals surface area contributed by atoms with Crippen LogP contribution in [-0.2, 0) is 4.74 Å². The molecule has 2 rings (SSSR count). The second-order valence-electron chi connectivity index (χ2n) is 2.98. The number of rotatable bonds is 1. The van der Waals surface area contributed by atoms with Crippen molar-refractivity contribution in [3.05, 3.63) is 36.1 Å². The van der Waals surface area contributed by atoms with E-state index in [1.54, 1.807) is 7.11 Å². The first-order chi connectivity index (χ1) is 6.33. The van der Waals surface area contributed by atoms with E-state index in [4.69, 9.17) is 4.74 Å². The minimum absolute atomic E-state index is 0.169. The van der Waals surface area contributed by atoms with Crippen LogP contribution in [-0.4, -0.2) is 31.1 Å². The molecule has 1 unspecified atom stereocenters. The van der Waals surface area contributed by atoms with Crippen LogP contribution in [0.4, 0.5) is 0 Å². The van der Waals surface area contributed by atoms with Gasteiger partial charge >= 0.3 is 0 Å². The molecule has 0 aromatic heterocycles. The van der Waals surface area contributed by atoms with Gasteiger partial charge in [-0.2, -0.15) is 0 Å². The lowest BCUT2D eigenvalue weighted by Gasteiger charge is -2.19. The predicted molar refractivity (Wildman–Crippen MR) is 52.4 cm³/mol. The Kier molecular flexibility index (Phi) is 2.02. The summed E-state index contributed by atoms with van der Waals surface area (Å²) in [4.78, 5) is 6.40. The Morgan fingerprint density at radius 1 is 1.38 bits per heavy atom. The van der Waals surface area contributed by atoms with Gasteiger partial charge in [-0.25, -0.2) is 4.99 Å². The minimum atomic E-state index is -0.169. The van der Waals surface area contributed by atoms with E-state index in [1.165, 1.54) is 0 Å². The van der Waals surface area contributed by atoms with Crippen molar-refractivity contribution in [3.63, 3.8) is 0 Å². The molecule has 2 aliphatic rings. The molecule has 0 aromatic rings. The number of hydrogen-bond acceptors (Lipinski definition) is 3. The van der Waals surface area contributed by atoms with Crippen molar-refractivity contribution in [2.24, 2.45) is 4.99 Å². The van der Waals surface area contributed by atoms with Crippen molar-refractivity contribution in [2.75, 3.05) is 14.2 Å². The molecule has 0 saturated heterocycles. The van der Waals surface area contributed by atoms with Gasteiger partial charge in [0.05, 0.1) is 11.4 Å². The molecule has 1 aliphatic carbocycles. The second kappa shape index (κ2) is 3.18. The average Bonchev–Trinajstić information content (AvgIpc) is 2.37. The molecular weight excluding hydrogens is 164 g/mol. The van der Waals surface area contributed by atoms with Crippen LogP contribution in [0.25, 0.3) is 0 Å². The Morgan fingerprint density at radius 2 is 2.23 bits per heavy atom. The highest BCUT2D eigenvalue weighted by Crippen LogP contribution is 2.21. The zero-order valence-corrected chi connectivity index (χ0v) is 7.77. The molecule has 3 heteroatoms. The normalized spacial score (nSPS) is 25.4. The summed E-state index contributed by atoms with van der Waals surface area (Å²) in [5.74, 6) is 0. The van der Waals surface area contributed by atoms with Gasteiger partial charge in [0, 0.05) is 14.2 Å². The van der Waals surface area contributed by atoms with Gasteiger partial charge in [0.15, 0.2) is 0 Å². The van der Waals surface area contributed by atoms with Gasteiger partial charge in [-0.3, -0.25) is 0 Å². The minimum Gasteiger partial charge on any atom is -0.342 e. The summed E-state index contributed by atoms with van der Waals surface area (Å²) in [6.07, 6.45) is 9.83. The molecule has 0 aromatic carbocycles. The Morgan fingerprint density at radius 3 is 3.00 bits per heavy atom. The van der Waals surface area contributed by atoms with E-state index in [0.717, 1.165) is 11.4 Å². The van der Waals surface area contributed by atoms with Gasteiger partial charge in [0.1, 0.15) is 0 Å². The predicted octanol–water partition coefficient (Wildman–Crippen LogP) is 1.31. The largest absolute Gasteiger partial charge is 0.342 e. The molecule has 0 bridgehead atoms. The molecule has 1 atom stereocenters. The van der Waals surface area contributed by atoms with Gasteiger partial charge in [0.25, 0.3) is 0 Å². The van der Waals surface area contributed by atoms with Crippen LogP contribution >= 0.6 is 0 Å². The Bertz CT molecular complexity index is 326. The summed E-state index contributed by atoms with van der Waals surface area (Å²) >= 11 is 0. The van der Waals surface area contributed by atoms with Crippen molar-refractivity contribution in [1.82, 2.24) is 4.90 Å². The molecule has 0 saturated carbocycles. The number of methoxy groups -OCH3 is 1. The second-order valence-corrected chi connectivity index (χ2v) is 2.98. The van der Waals surface area contributed by atoms with Gasteiger partial charge in [-0.15, -0.1) is 0 Å². The van der Waals surface area contributed by atoms with Crippen LogP contribution in [0.5, 0.6) is 0 Å². The first-order valence-corrected chi connectivity index (χ1v) is 4.22. The third-order valence-electron chi connectivity index (χ3n) is 2.16. The SMILES string of the molecule is COC1N=C2C=CC=CC=C2N1C. The molecule has 0 radical (unpaired) electrons. The van der Waals surface area contributed by atoms with E-state index in [1.807, 2.05) is 42.3 Å². The Balaban J connectivity index is 2.36. The van der Waals surface area contributed by atoms with Crippen molar-refractivity contribution in [1.29, 1.82) is 0 Å². The van der Waals surface area contributed by atoms with Gasteiger partial charge in [0.2, 0.25) is 6.35 Å². The number of ether oxygens (including phenoxy) is 1. The fourth-order valence-electron chi connectivity index (χ4n) is 1.47. The van der Waals surface area contributed by atoms with Crippen molar-refractivity contribution in [2.45, 2.75) is 6.35 Å². The standard InChI is InChI=1S/C10H12N2O/c1-12-9-7-5-3-4-6-8(9)11-10(12)13-2/h3-7,10H,1-2H3. The summed E-state index contributed by atoms with van der Waals surface area (Å²) in [7, 11) is 3.64. The Hall–Kier alpha value is -1.35. The lowest BCUT2D eigenvalue weighted by atomic mass is 10.2. The third-order valence-corrected chi connectivity index (χ3v) is 2.16. The molecule has 1 heterocycles. The molecule has 0 amide bonds.